The summed E-state index contributed by atoms with van der Waals surface area (Å²) in [5.41, 5.74) is -1.32. The highest BCUT2D eigenvalue weighted by Gasteiger charge is 2.39. The largest absolute Gasteiger partial charge is 0.433 e. The zero-order chi connectivity index (χ0) is 18.7. The van der Waals surface area contributed by atoms with Gasteiger partial charge < -0.3 is 5.32 Å². The smallest absolute Gasteiger partial charge is 0.349 e. The molecular formula is C16H16ClF3N4O. The highest BCUT2D eigenvalue weighted by Crippen LogP contribution is 2.37. The van der Waals surface area contributed by atoms with Crippen LogP contribution in [0, 0.1) is 12.3 Å². The van der Waals surface area contributed by atoms with Gasteiger partial charge in [0.2, 0.25) is 5.91 Å². The fourth-order valence-electron chi connectivity index (χ4n) is 2.30. The van der Waals surface area contributed by atoms with Gasteiger partial charge in [0.1, 0.15) is 10.8 Å². The number of hydrogen-bond acceptors (Lipinski definition) is 4. The molecule has 9 heteroatoms. The third-order valence-electron chi connectivity index (χ3n) is 3.82. The Balaban J connectivity index is 1.90. The van der Waals surface area contributed by atoms with Crippen LogP contribution >= 0.6 is 11.6 Å². The zero-order valence-electron chi connectivity index (χ0n) is 13.4. The first-order valence-electron chi connectivity index (χ1n) is 7.57. The van der Waals surface area contributed by atoms with Gasteiger partial charge in [-0.15, -0.1) is 12.3 Å². The minimum Gasteiger partial charge on any atom is -0.349 e. The second kappa shape index (κ2) is 7.40. The predicted molar refractivity (Wildman–Crippen MR) is 85.7 cm³/mol. The van der Waals surface area contributed by atoms with Crippen LogP contribution in [0.4, 0.5) is 13.2 Å². The van der Waals surface area contributed by atoms with Crippen molar-refractivity contribution in [2.24, 2.45) is 10.2 Å². The molecule has 1 amide bonds. The highest BCUT2D eigenvalue weighted by atomic mass is 35.5. The molecule has 1 aliphatic heterocycles. The molecule has 0 spiro atoms. The third kappa shape index (κ3) is 5.16. The summed E-state index contributed by atoms with van der Waals surface area (Å²) in [6, 6.07) is 1.47. The van der Waals surface area contributed by atoms with Crippen LogP contribution in [0.25, 0.3) is 0 Å². The van der Waals surface area contributed by atoms with Crippen LogP contribution in [-0.2, 0) is 11.0 Å². The first-order chi connectivity index (χ1) is 11.7. The van der Waals surface area contributed by atoms with E-state index in [1.807, 2.05) is 0 Å². The monoisotopic (exact) mass is 372 g/mol. The summed E-state index contributed by atoms with van der Waals surface area (Å²) in [5.74, 6) is 2.23. The van der Waals surface area contributed by atoms with E-state index in [2.05, 4.69) is 26.4 Å². The summed E-state index contributed by atoms with van der Waals surface area (Å²) in [6.45, 7) is 1.62. The Morgan fingerprint density at radius 2 is 2.08 bits per heavy atom. The van der Waals surface area contributed by atoms with E-state index in [0.717, 1.165) is 6.07 Å². The molecule has 0 saturated heterocycles. The summed E-state index contributed by atoms with van der Waals surface area (Å²) in [7, 11) is 0. The van der Waals surface area contributed by atoms with Gasteiger partial charge >= 0.3 is 6.18 Å². The molecule has 5 nitrogen and oxygen atoms in total. The Kier molecular flexibility index (Phi) is 5.68. The molecule has 0 aromatic carbocycles. The van der Waals surface area contributed by atoms with E-state index in [9.17, 15) is 18.0 Å². The van der Waals surface area contributed by atoms with E-state index >= 15 is 0 Å². The average Bonchev–Trinajstić information content (AvgIpc) is 3.30. The number of terminal acetylenes is 1. The quantitative estimate of drug-likeness (QED) is 0.573. The van der Waals surface area contributed by atoms with Crippen molar-refractivity contribution in [2.75, 3.05) is 0 Å². The SMILES string of the molecule is C#CCCC1(CCC(=O)NC(C)c2ccc(C(F)(F)F)nc2Cl)N=N1. The number of hydrogen-bond donors (Lipinski definition) is 1. The number of carbonyl (C=O) groups excluding carboxylic acids is 1. The lowest BCUT2D eigenvalue weighted by atomic mass is 10.0. The van der Waals surface area contributed by atoms with E-state index in [0.29, 0.717) is 24.8 Å². The number of halogens is 4. The van der Waals surface area contributed by atoms with Crippen LogP contribution in [0.5, 0.6) is 0 Å². The number of nitrogens with zero attached hydrogens (tertiary/aromatic N) is 3. The number of nitrogens with one attached hydrogen (secondary N) is 1. The van der Waals surface area contributed by atoms with Crippen LogP contribution in [0.1, 0.15) is 49.9 Å². The van der Waals surface area contributed by atoms with Crippen LogP contribution in [0.15, 0.2) is 22.4 Å². The van der Waals surface area contributed by atoms with Crippen molar-refractivity contribution >= 4 is 17.5 Å². The average molecular weight is 373 g/mol. The standard InChI is InChI=1S/C16H16ClF3N4O/c1-3-4-8-15(23-24-15)9-7-13(25)21-10(2)11-5-6-12(16(18,19)20)22-14(11)17/h1,5-6,10H,4,7-9H2,2H3,(H,21,25). The summed E-state index contributed by atoms with van der Waals surface area (Å²) >= 11 is 5.82. The lowest BCUT2D eigenvalue weighted by Gasteiger charge is -2.17. The van der Waals surface area contributed by atoms with Gasteiger partial charge in [-0.2, -0.15) is 23.4 Å². The molecule has 0 bridgehead atoms. The Morgan fingerprint density at radius 1 is 1.40 bits per heavy atom. The van der Waals surface area contributed by atoms with Gasteiger partial charge in [0, 0.05) is 31.2 Å². The van der Waals surface area contributed by atoms with Crippen molar-refractivity contribution in [1.82, 2.24) is 10.3 Å². The van der Waals surface area contributed by atoms with Gasteiger partial charge in [-0.05, 0) is 13.0 Å². The molecule has 0 radical (unpaired) electrons. The highest BCUT2D eigenvalue weighted by molar-refractivity contribution is 6.30. The first kappa shape index (κ1) is 19.2. The number of carbonyl (C=O) groups is 1. The molecule has 25 heavy (non-hydrogen) atoms. The molecular weight excluding hydrogens is 357 g/mol. The maximum atomic E-state index is 12.6. The first-order valence-corrected chi connectivity index (χ1v) is 7.95. The molecule has 1 N–H and O–H groups in total. The predicted octanol–water partition coefficient (Wildman–Crippen LogP) is 4.29. The minimum atomic E-state index is -4.57. The Hall–Kier alpha value is -2.14. The van der Waals surface area contributed by atoms with Crippen LogP contribution < -0.4 is 5.32 Å². The number of alkyl halides is 3. The van der Waals surface area contributed by atoms with Gasteiger partial charge in [0.25, 0.3) is 0 Å². The van der Waals surface area contributed by atoms with Gasteiger partial charge in [-0.3, -0.25) is 4.79 Å². The Bertz CT molecular complexity index is 721. The molecule has 1 atom stereocenters. The second-order valence-corrected chi connectivity index (χ2v) is 6.11. The zero-order valence-corrected chi connectivity index (χ0v) is 14.2. The second-order valence-electron chi connectivity index (χ2n) is 5.75. The number of amides is 1. The molecule has 1 aliphatic rings. The molecule has 2 rings (SSSR count). The lowest BCUT2D eigenvalue weighted by Crippen LogP contribution is -2.28. The number of rotatable bonds is 7. The Labute approximate surface area is 148 Å². The molecule has 134 valence electrons. The molecule has 1 unspecified atom stereocenters. The van der Waals surface area contributed by atoms with Crippen molar-refractivity contribution in [2.45, 2.75) is 50.5 Å². The van der Waals surface area contributed by atoms with E-state index in [1.54, 1.807) is 6.92 Å². The van der Waals surface area contributed by atoms with Crippen molar-refractivity contribution in [3.8, 4) is 12.3 Å². The topological polar surface area (TPSA) is 66.7 Å². The normalized spacial score (nSPS) is 16.2. The van der Waals surface area contributed by atoms with Crippen LogP contribution in [0.2, 0.25) is 5.15 Å². The van der Waals surface area contributed by atoms with Gasteiger partial charge in [-0.1, -0.05) is 17.7 Å². The van der Waals surface area contributed by atoms with Crippen molar-refractivity contribution in [3.05, 3.63) is 28.5 Å². The number of pyridine rings is 1. The summed E-state index contributed by atoms with van der Waals surface area (Å²) in [4.78, 5) is 15.4. The van der Waals surface area contributed by atoms with E-state index in [4.69, 9.17) is 18.0 Å². The van der Waals surface area contributed by atoms with Crippen LogP contribution in [-0.4, -0.2) is 16.6 Å². The maximum Gasteiger partial charge on any atom is 0.433 e. The summed E-state index contributed by atoms with van der Waals surface area (Å²) in [5, 5.41) is 10.3. The summed E-state index contributed by atoms with van der Waals surface area (Å²) < 4.78 is 37.8. The molecule has 2 heterocycles. The number of aromatic nitrogens is 1. The fourth-order valence-corrected chi connectivity index (χ4v) is 2.62. The molecule has 1 aromatic heterocycles. The van der Waals surface area contributed by atoms with E-state index in [-0.39, 0.29) is 17.5 Å². The van der Waals surface area contributed by atoms with Gasteiger partial charge in [-0.25, -0.2) is 4.98 Å². The van der Waals surface area contributed by atoms with Gasteiger partial charge in [0.15, 0.2) is 5.66 Å². The van der Waals surface area contributed by atoms with Crippen molar-refractivity contribution < 1.29 is 18.0 Å². The van der Waals surface area contributed by atoms with Crippen LogP contribution in [0.3, 0.4) is 0 Å². The maximum absolute atomic E-state index is 12.6. The Morgan fingerprint density at radius 3 is 2.60 bits per heavy atom. The third-order valence-corrected chi connectivity index (χ3v) is 4.12. The molecule has 1 aromatic rings. The molecule has 0 saturated carbocycles. The minimum absolute atomic E-state index is 0.174. The van der Waals surface area contributed by atoms with E-state index < -0.39 is 23.6 Å². The summed E-state index contributed by atoms with van der Waals surface area (Å²) in [6.07, 6.45) is 2.36. The van der Waals surface area contributed by atoms with Crippen molar-refractivity contribution in [3.63, 3.8) is 0 Å². The molecule has 0 fully saturated rings. The lowest BCUT2D eigenvalue weighted by molar-refractivity contribution is -0.141. The molecule has 0 aliphatic carbocycles. The van der Waals surface area contributed by atoms with E-state index in [1.165, 1.54) is 6.07 Å². The van der Waals surface area contributed by atoms with Gasteiger partial charge in [0.05, 0.1) is 6.04 Å². The fraction of sp³-hybridized carbons (Fsp3) is 0.500. The van der Waals surface area contributed by atoms with Crippen molar-refractivity contribution in [1.29, 1.82) is 0 Å².